The molecule has 1 atom stereocenters. The van der Waals surface area contributed by atoms with Gasteiger partial charge < -0.3 is 9.73 Å². The van der Waals surface area contributed by atoms with Crippen molar-refractivity contribution in [2.75, 3.05) is 12.8 Å². The van der Waals surface area contributed by atoms with Crippen LogP contribution in [0.25, 0.3) is 0 Å². The van der Waals surface area contributed by atoms with Gasteiger partial charge in [0.15, 0.2) is 0 Å². The van der Waals surface area contributed by atoms with Crippen LogP contribution in [0.2, 0.25) is 0 Å². The van der Waals surface area contributed by atoms with Gasteiger partial charge in [-0.1, -0.05) is 13.8 Å². The molecule has 2 nitrogen and oxygen atoms in total. The summed E-state index contributed by atoms with van der Waals surface area (Å²) in [6.07, 6.45) is 3.11. The van der Waals surface area contributed by atoms with E-state index in [0.717, 1.165) is 31.0 Å². The van der Waals surface area contributed by atoms with Crippen molar-refractivity contribution in [3.05, 3.63) is 23.7 Å². The summed E-state index contributed by atoms with van der Waals surface area (Å²) in [5.74, 6) is 2.11. The van der Waals surface area contributed by atoms with Crippen molar-refractivity contribution in [2.45, 2.75) is 32.1 Å². The predicted octanol–water partition coefficient (Wildman–Crippen LogP) is 2.68. The number of thioether (sulfide) groups is 1. The highest BCUT2D eigenvalue weighted by Gasteiger charge is 2.01. The topological polar surface area (TPSA) is 25.2 Å². The summed E-state index contributed by atoms with van der Waals surface area (Å²) >= 11 is 1.88. The molecule has 0 saturated heterocycles. The quantitative estimate of drug-likeness (QED) is 0.786. The lowest BCUT2D eigenvalue weighted by molar-refractivity contribution is 0.451. The van der Waals surface area contributed by atoms with E-state index < -0.39 is 0 Å². The summed E-state index contributed by atoms with van der Waals surface area (Å²) in [7, 11) is 0. The van der Waals surface area contributed by atoms with E-state index >= 15 is 0 Å². The van der Waals surface area contributed by atoms with Crippen LogP contribution >= 0.6 is 11.8 Å². The van der Waals surface area contributed by atoms with E-state index in [1.54, 1.807) is 0 Å². The number of hydrogen-bond donors (Lipinski definition) is 1. The first kappa shape index (κ1) is 11.7. The SMILES string of the molecule is CCc1ccc(CNCC(C)SC)o1. The molecule has 0 saturated carbocycles. The van der Waals surface area contributed by atoms with Gasteiger partial charge in [-0.25, -0.2) is 0 Å². The minimum absolute atomic E-state index is 0.663. The van der Waals surface area contributed by atoms with Crippen LogP contribution in [0, 0.1) is 0 Å². The molecule has 0 bridgehead atoms. The molecule has 0 aliphatic heterocycles. The molecule has 0 aromatic carbocycles. The van der Waals surface area contributed by atoms with Gasteiger partial charge in [-0.2, -0.15) is 11.8 Å². The summed E-state index contributed by atoms with van der Waals surface area (Å²) in [6.45, 7) is 6.19. The fourth-order valence-corrected chi connectivity index (χ4v) is 1.47. The number of rotatable bonds is 6. The molecule has 1 unspecified atom stereocenters. The lowest BCUT2D eigenvalue weighted by atomic mass is 10.3. The average Bonchev–Trinajstić information content (AvgIpc) is 2.65. The van der Waals surface area contributed by atoms with Crippen LogP contribution in [-0.2, 0) is 13.0 Å². The van der Waals surface area contributed by atoms with Gasteiger partial charge in [0, 0.05) is 18.2 Å². The number of hydrogen-bond acceptors (Lipinski definition) is 3. The minimum atomic E-state index is 0.663. The van der Waals surface area contributed by atoms with Crippen molar-refractivity contribution in [3.8, 4) is 0 Å². The van der Waals surface area contributed by atoms with Crippen LogP contribution in [0.4, 0.5) is 0 Å². The Kier molecular flexibility index (Phi) is 5.12. The molecular weight excluding hydrogens is 194 g/mol. The number of nitrogens with one attached hydrogen (secondary N) is 1. The lowest BCUT2D eigenvalue weighted by Gasteiger charge is -2.07. The molecule has 0 amide bonds. The van der Waals surface area contributed by atoms with Crippen molar-refractivity contribution in [2.24, 2.45) is 0 Å². The van der Waals surface area contributed by atoms with Crippen LogP contribution in [0.5, 0.6) is 0 Å². The second-order valence-corrected chi connectivity index (χ2v) is 4.67. The Labute approximate surface area is 90.5 Å². The fraction of sp³-hybridized carbons (Fsp3) is 0.636. The zero-order valence-corrected chi connectivity index (χ0v) is 9.99. The number of furan rings is 1. The highest BCUT2D eigenvalue weighted by atomic mass is 32.2. The largest absolute Gasteiger partial charge is 0.465 e. The van der Waals surface area contributed by atoms with E-state index in [1.807, 2.05) is 11.8 Å². The van der Waals surface area contributed by atoms with Crippen molar-refractivity contribution in [1.29, 1.82) is 0 Å². The molecule has 1 rings (SSSR count). The molecule has 0 aliphatic carbocycles. The highest BCUT2D eigenvalue weighted by molar-refractivity contribution is 7.99. The Balaban J connectivity index is 2.24. The smallest absolute Gasteiger partial charge is 0.117 e. The van der Waals surface area contributed by atoms with E-state index in [4.69, 9.17) is 4.42 Å². The first-order valence-corrected chi connectivity index (χ1v) is 6.36. The summed E-state index contributed by atoms with van der Waals surface area (Å²) in [4.78, 5) is 0. The third-order valence-corrected chi connectivity index (χ3v) is 3.17. The Hall–Kier alpha value is -0.410. The molecule has 1 aromatic rings. The van der Waals surface area contributed by atoms with E-state index in [0.29, 0.717) is 5.25 Å². The molecule has 0 spiro atoms. The van der Waals surface area contributed by atoms with Gasteiger partial charge in [0.2, 0.25) is 0 Å². The lowest BCUT2D eigenvalue weighted by Crippen LogP contribution is -2.21. The second-order valence-electron chi connectivity index (χ2n) is 3.40. The maximum absolute atomic E-state index is 5.58. The Morgan fingerprint density at radius 2 is 2.14 bits per heavy atom. The van der Waals surface area contributed by atoms with Crippen molar-refractivity contribution >= 4 is 11.8 Å². The highest BCUT2D eigenvalue weighted by Crippen LogP contribution is 2.08. The maximum Gasteiger partial charge on any atom is 0.117 e. The molecule has 14 heavy (non-hydrogen) atoms. The molecule has 0 fully saturated rings. The van der Waals surface area contributed by atoms with Gasteiger partial charge in [0.05, 0.1) is 6.54 Å². The molecule has 1 aromatic heterocycles. The molecule has 0 radical (unpaired) electrons. The standard InChI is InChI=1S/C11H19NOS/c1-4-10-5-6-11(13-10)8-12-7-9(2)14-3/h5-6,9,12H,4,7-8H2,1-3H3. The maximum atomic E-state index is 5.58. The van der Waals surface area contributed by atoms with Crippen LogP contribution < -0.4 is 5.32 Å². The van der Waals surface area contributed by atoms with Gasteiger partial charge in [0.1, 0.15) is 11.5 Å². The van der Waals surface area contributed by atoms with Crippen molar-refractivity contribution in [1.82, 2.24) is 5.32 Å². The molecule has 80 valence electrons. The molecule has 1 heterocycles. The number of aryl methyl sites for hydroxylation is 1. The summed E-state index contributed by atoms with van der Waals surface area (Å²) in [5, 5.41) is 4.04. The van der Waals surface area contributed by atoms with Gasteiger partial charge in [-0.15, -0.1) is 0 Å². The van der Waals surface area contributed by atoms with Crippen LogP contribution in [-0.4, -0.2) is 18.1 Å². The summed E-state index contributed by atoms with van der Waals surface area (Å²) in [5.41, 5.74) is 0. The second kappa shape index (κ2) is 6.14. The monoisotopic (exact) mass is 213 g/mol. The summed E-state index contributed by atoms with van der Waals surface area (Å²) in [6, 6.07) is 4.10. The van der Waals surface area contributed by atoms with Gasteiger partial charge >= 0.3 is 0 Å². The third kappa shape index (κ3) is 3.76. The Bertz CT molecular complexity index is 260. The fourth-order valence-electron chi connectivity index (χ4n) is 1.19. The molecule has 3 heteroatoms. The van der Waals surface area contributed by atoms with Gasteiger partial charge in [0.25, 0.3) is 0 Å². The van der Waals surface area contributed by atoms with Crippen molar-refractivity contribution < 1.29 is 4.42 Å². The normalized spacial score (nSPS) is 13.1. The van der Waals surface area contributed by atoms with E-state index in [1.165, 1.54) is 0 Å². The third-order valence-electron chi connectivity index (χ3n) is 2.20. The Morgan fingerprint density at radius 3 is 2.71 bits per heavy atom. The van der Waals surface area contributed by atoms with E-state index in [2.05, 4.69) is 37.6 Å². The summed E-state index contributed by atoms with van der Waals surface area (Å²) < 4.78 is 5.58. The van der Waals surface area contributed by atoms with Crippen LogP contribution in [0.1, 0.15) is 25.4 Å². The zero-order chi connectivity index (χ0) is 10.4. The first-order chi connectivity index (χ1) is 6.76. The predicted molar refractivity (Wildman–Crippen MR) is 62.8 cm³/mol. The van der Waals surface area contributed by atoms with Crippen molar-refractivity contribution in [3.63, 3.8) is 0 Å². The van der Waals surface area contributed by atoms with E-state index in [9.17, 15) is 0 Å². The van der Waals surface area contributed by atoms with Crippen LogP contribution in [0.15, 0.2) is 16.5 Å². The average molecular weight is 213 g/mol. The first-order valence-electron chi connectivity index (χ1n) is 5.07. The van der Waals surface area contributed by atoms with Gasteiger partial charge in [-0.3, -0.25) is 0 Å². The van der Waals surface area contributed by atoms with Crippen LogP contribution in [0.3, 0.4) is 0 Å². The van der Waals surface area contributed by atoms with E-state index in [-0.39, 0.29) is 0 Å². The Morgan fingerprint density at radius 1 is 1.43 bits per heavy atom. The molecular formula is C11H19NOS. The van der Waals surface area contributed by atoms with Gasteiger partial charge in [-0.05, 0) is 18.4 Å². The molecule has 1 N–H and O–H groups in total. The minimum Gasteiger partial charge on any atom is -0.465 e. The molecule has 0 aliphatic rings. The zero-order valence-electron chi connectivity index (χ0n) is 9.17.